The molecule has 12 heavy (non-hydrogen) atoms. The molecular weight excluding hydrogens is 154 g/mol. The first-order valence-corrected chi connectivity index (χ1v) is 4.61. The van der Waals surface area contributed by atoms with Crippen molar-refractivity contribution in [1.29, 1.82) is 0 Å². The first-order valence-electron chi connectivity index (χ1n) is 4.61. The maximum absolute atomic E-state index is 9.50. The van der Waals surface area contributed by atoms with Crippen molar-refractivity contribution in [3.8, 4) is 0 Å². The maximum Gasteiger partial charge on any atom is 0.0950 e. The Morgan fingerprint density at radius 1 is 1.50 bits per heavy atom. The van der Waals surface area contributed by atoms with Crippen LogP contribution in [0.4, 0.5) is 0 Å². The maximum atomic E-state index is 9.50. The number of hydrogen-bond acceptors (Lipinski definition) is 3. The molecule has 3 heteroatoms. The SMILES string of the molecule is CC(C)[C@@H]1C[C@H](N)[C@H](O)C(C)O1. The van der Waals surface area contributed by atoms with Crippen molar-refractivity contribution < 1.29 is 9.84 Å². The fraction of sp³-hybridized carbons (Fsp3) is 1.00. The molecule has 1 rings (SSSR count). The van der Waals surface area contributed by atoms with Gasteiger partial charge in [0.2, 0.25) is 0 Å². The standard InChI is InChI=1S/C9H19NO2/c1-5(2)8-4-7(10)9(11)6(3)12-8/h5-9,11H,4,10H2,1-3H3/t6?,7-,8-,9+/m0/s1. The number of ether oxygens (including phenoxy) is 1. The third-order valence-electron chi connectivity index (χ3n) is 2.56. The molecule has 1 aliphatic heterocycles. The molecule has 0 bridgehead atoms. The smallest absolute Gasteiger partial charge is 0.0950 e. The molecule has 0 amide bonds. The van der Waals surface area contributed by atoms with E-state index in [4.69, 9.17) is 10.5 Å². The van der Waals surface area contributed by atoms with E-state index >= 15 is 0 Å². The minimum absolute atomic E-state index is 0.124. The highest BCUT2D eigenvalue weighted by atomic mass is 16.5. The molecule has 0 aromatic heterocycles. The normalized spacial score (nSPS) is 43.5. The summed E-state index contributed by atoms with van der Waals surface area (Å²) < 4.78 is 5.60. The van der Waals surface area contributed by atoms with Crippen LogP contribution in [0, 0.1) is 5.92 Å². The van der Waals surface area contributed by atoms with E-state index in [2.05, 4.69) is 13.8 Å². The second-order valence-corrected chi connectivity index (χ2v) is 4.01. The lowest BCUT2D eigenvalue weighted by atomic mass is 9.91. The molecule has 1 aliphatic rings. The summed E-state index contributed by atoms with van der Waals surface area (Å²) in [6, 6.07) is -0.124. The zero-order valence-corrected chi connectivity index (χ0v) is 8.03. The van der Waals surface area contributed by atoms with Gasteiger partial charge in [-0.2, -0.15) is 0 Å². The minimum Gasteiger partial charge on any atom is -0.389 e. The fourth-order valence-corrected chi connectivity index (χ4v) is 1.60. The Kier molecular flexibility index (Phi) is 3.09. The van der Waals surface area contributed by atoms with Crippen molar-refractivity contribution in [3.63, 3.8) is 0 Å². The number of hydrogen-bond donors (Lipinski definition) is 2. The summed E-state index contributed by atoms with van der Waals surface area (Å²) in [5.41, 5.74) is 5.77. The molecule has 1 saturated heterocycles. The van der Waals surface area contributed by atoms with E-state index in [1.54, 1.807) is 0 Å². The summed E-state index contributed by atoms with van der Waals surface area (Å²) in [5.74, 6) is 0.478. The fourth-order valence-electron chi connectivity index (χ4n) is 1.60. The van der Waals surface area contributed by atoms with Crippen LogP contribution >= 0.6 is 0 Å². The first-order chi connectivity index (χ1) is 5.52. The summed E-state index contributed by atoms with van der Waals surface area (Å²) in [6.45, 7) is 6.10. The van der Waals surface area contributed by atoms with Crippen LogP contribution in [0.25, 0.3) is 0 Å². The quantitative estimate of drug-likeness (QED) is 0.607. The van der Waals surface area contributed by atoms with Crippen molar-refractivity contribution >= 4 is 0 Å². The molecule has 0 aromatic carbocycles. The number of aliphatic hydroxyl groups excluding tert-OH is 1. The number of aliphatic hydroxyl groups is 1. The molecule has 1 unspecified atom stereocenters. The van der Waals surface area contributed by atoms with Crippen LogP contribution in [-0.4, -0.2) is 29.5 Å². The third kappa shape index (κ3) is 1.97. The van der Waals surface area contributed by atoms with Gasteiger partial charge in [0.1, 0.15) is 0 Å². The zero-order valence-electron chi connectivity index (χ0n) is 8.03. The highest BCUT2D eigenvalue weighted by Gasteiger charge is 2.33. The molecule has 72 valence electrons. The van der Waals surface area contributed by atoms with E-state index in [0.717, 1.165) is 6.42 Å². The summed E-state index contributed by atoms with van der Waals surface area (Å²) in [5, 5.41) is 9.50. The Labute approximate surface area is 73.9 Å². The van der Waals surface area contributed by atoms with Crippen LogP contribution in [0.3, 0.4) is 0 Å². The van der Waals surface area contributed by atoms with Crippen LogP contribution in [0.2, 0.25) is 0 Å². The van der Waals surface area contributed by atoms with Gasteiger partial charge in [-0.3, -0.25) is 0 Å². The van der Waals surface area contributed by atoms with Gasteiger partial charge < -0.3 is 15.6 Å². The molecule has 3 nitrogen and oxygen atoms in total. The van der Waals surface area contributed by atoms with E-state index in [0.29, 0.717) is 5.92 Å². The summed E-state index contributed by atoms with van der Waals surface area (Å²) in [7, 11) is 0. The minimum atomic E-state index is -0.500. The Morgan fingerprint density at radius 2 is 2.08 bits per heavy atom. The van der Waals surface area contributed by atoms with E-state index in [-0.39, 0.29) is 18.2 Å². The average molecular weight is 173 g/mol. The van der Waals surface area contributed by atoms with E-state index in [9.17, 15) is 5.11 Å². The topological polar surface area (TPSA) is 55.5 Å². The average Bonchev–Trinajstić information content (AvgIpc) is 1.99. The van der Waals surface area contributed by atoms with Gasteiger partial charge in [-0.1, -0.05) is 13.8 Å². The van der Waals surface area contributed by atoms with Crippen molar-refractivity contribution in [3.05, 3.63) is 0 Å². The van der Waals surface area contributed by atoms with Gasteiger partial charge in [0.15, 0.2) is 0 Å². The lowest BCUT2D eigenvalue weighted by Crippen LogP contribution is -2.52. The van der Waals surface area contributed by atoms with Crippen LogP contribution in [0.1, 0.15) is 27.2 Å². The van der Waals surface area contributed by atoms with Gasteiger partial charge >= 0.3 is 0 Å². The first kappa shape index (κ1) is 9.96. The highest BCUT2D eigenvalue weighted by molar-refractivity contribution is 4.86. The zero-order chi connectivity index (χ0) is 9.30. The molecular formula is C9H19NO2. The van der Waals surface area contributed by atoms with Gasteiger partial charge in [0.05, 0.1) is 18.3 Å². The van der Waals surface area contributed by atoms with Crippen molar-refractivity contribution in [2.45, 2.75) is 51.5 Å². The largest absolute Gasteiger partial charge is 0.389 e. The molecule has 1 heterocycles. The summed E-state index contributed by atoms with van der Waals surface area (Å²) >= 11 is 0. The molecule has 0 aromatic rings. The van der Waals surface area contributed by atoms with Crippen LogP contribution in [0.5, 0.6) is 0 Å². The Balaban J connectivity index is 2.53. The van der Waals surface area contributed by atoms with Crippen molar-refractivity contribution in [2.75, 3.05) is 0 Å². The second kappa shape index (κ2) is 3.73. The summed E-state index contributed by atoms with van der Waals surface area (Å²) in [6.07, 6.45) is 0.350. The van der Waals surface area contributed by atoms with Crippen molar-refractivity contribution in [1.82, 2.24) is 0 Å². The lowest BCUT2D eigenvalue weighted by Gasteiger charge is -2.38. The summed E-state index contributed by atoms with van der Waals surface area (Å²) in [4.78, 5) is 0. The Bertz CT molecular complexity index is 137. The molecule has 1 fully saturated rings. The van der Waals surface area contributed by atoms with Gasteiger partial charge in [0.25, 0.3) is 0 Å². The van der Waals surface area contributed by atoms with Crippen molar-refractivity contribution in [2.24, 2.45) is 11.7 Å². The number of rotatable bonds is 1. The molecule has 0 spiro atoms. The van der Waals surface area contributed by atoms with Gasteiger partial charge in [-0.25, -0.2) is 0 Å². The lowest BCUT2D eigenvalue weighted by molar-refractivity contribution is -0.131. The Morgan fingerprint density at radius 3 is 2.50 bits per heavy atom. The van der Waals surface area contributed by atoms with E-state index in [1.807, 2.05) is 6.92 Å². The molecule has 0 radical (unpaired) electrons. The van der Waals surface area contributed by atoms with Crippen LogP contribution in [0.15, 0.2) is 0 Å². The van der Waals surface area contributed by atoms with Gasteiger partial charge in [-0.15, -0.1) is 0 Å². The van der Waals surface area contributed by atoms with Gasteiger partial charge in [0, 0.05) is 6.04 Å². The third-order valence-corrected chi connectivity index (χ3v) is 2.56. The van der Waals surface area contributed by atoms with Gasteiger partial charge in [-0.05, 0) is 19.3 Å². The molecule has 4 atom stereocenters. The molecule has 0 saturated carbocycles. The molecule has 3 N–H and O–H groups in total. The predicted octanol–water partition coefficient (Wildman–Crippen LogP) is 0.508. The highest BCUT2D eigenvalue weighted by Crippen LogP contribution is 2.23. The number of nitrogens with two attached hydrogens (primary N) is 1. The Hall–Kier alpha value is -0.120. The second-order valence-electron chi connectivity index (χ2n) is 4.01. The van der Waals surface area contributed by atoms with Crippen LogP contribution < -0.4 is 5.73 Å². The van der Waals surface area contributed by atoms with E-state index < -0.39 is 6.10 Å². The molecule has 0 aliphatic carbocycles. The van der Waals surface area contributed by atoms with Crippen LogP contribution in [-0.2, 0) is 4.74 Å². The predicted molar refractivity (Wildman–Crippen MR) is 47.8 cm³/mol. The monoisotopic (exact) mass is 173 g/mol. The van der Waals surface area contributed by atoms with E-state index in [1.165, 1.54) is 0 Å².